The molecule has 0 saturated heterocycles. The maximum atomic E-state index is 13.2. The highest BCUT2D eigenvalue weighted by Crippen LogP contribution is 2.37. The van der Waals surface area contributed by atoms with E-state index in [-0.39, 0.29) is 12.6 Å². The maximum absolute atomic E-state index is 13.2. The van der Waals surface area contributed by atoms with E-state index in [1.165, 1.54) is 0 Å². The molecule has 0 aromatic heterocycles. The third-order valence-electron chi connectivity index (χ3n) is 4.94. The number of hydrogen-bond donors (Lipinski definition) is 0. The molecule has 4 nitrogen and oxygen atoms in total. The molecule has 1 aliphatic heterocycles. The molecule has 0 N–H and O–H groups in total. The highest BCUT2D eigenvalue weighted by molar-refractivity contribution is 6.34. The fraction of sp³-hybridized carbons (Fsp3) is 0.375. The number of carbonyl (C=O) groups excluding carboxylic acids is 1. The Bertz CT molecular complexity index is 872. The first kappa shape index (κ1) is 24.3. The number of halogens is 2. The Morgan fingerprint density at radius 1 is 1.03 bits per heavy atom. The lowest BCUT2D eigenvalue weighted by Crippen LogP contribution is -2.49. The fourth-order valence-electron chi connectivity index (χ4n) is 3.19. The topological polar surface area (TPSA) is 38.8 Å². The van der Waals surface area contributed by atoms with Gasteiger partial charge in [0.05, 0.1) is 11.1 Å². The summed E-state index contributed by atoms with van der Waals surface area (Å²) in [5.41, 5.74) is 1.64. The van der Waals surface area contributed by atoms with Gasteiger partial charge in [0.25, 0.3) is 5.91 Å². The summed E-state index contributed by atoms with van der Waals surface area (Å²) < 4.78 is 10.6. The average Bonchev–Trinajstić information content (AvgIpc) is 2.69. The number of carbonyl (C=O) groups is 1. The second-order valence-corrected chi connectivity index (χ2v) is 8.18. The van der Waals surface area contributed by atoms with Crippen molar-refractivity contribution in [3.8, 4) is 0 Å². The number of allylic oxidation sites excluding steroid dienone is 1. The standard InChI is InChI=1S/C20H19Cl2NO2.C4H10O/c1-13-18(14-7-5-4-6-8-14)19(24)23(12-25-13)20(2,3)15-9-16(21)11-17(22)10-15;1-3-5-4-2/h4-11H,12H2,1-3H3;3-4H2,1-2H3. The zero-order chi connectivity index (χ0) is 22.3. The molecule has 1 heterocycles. The van der Waals surface area contributed by atoms with Crippen LogP contribution in [0.15, 0.2) is 54.3 Å². The van der Waals surface area contributed by atoms with E-state index in [0.29, 0.717) is 21.4 Å². The van der Waals surface area contributed by atoms with Crippen molar-refractivity contribution in [1.82, 2.24) is 4.90 Å². The van der Waals surface area contributed by atoms with Crippen LogP contribution in [0.5, 0.6) is 0 Å². The van der Waals surface area contributed by atoms with Crippen LogP contribution >= 0.6 is 23.2 Å². The first-order chi connectivity index (χ1) is 14.2. The summed E-state index contributed by atoms with van der Waals surface area (Å²) in [5, 5.41) is 1.08. The molecule has 0 spiro atoms. The van der Waals surface area contributed by atoms with E-state index in [4.69, 9.17) is 32.7 Å². The molecular weight excluding hydrogens is 421 g/mol. The van der Waals surface area contributed by atoms with Gasteiger partial charge in [-0.25, -0.2) is 0 Å². The first-order valence-corrected chi connectivity index (χ1v) is 10.7. The van der Waals surface area contributed by atoms with Gasteiger partial charge in [0.2, 0.25) is 0 Å². The smallest absolute Gasteiger partial charge is 0.261 e. The number of rotatable bonds is 5. The SMILES string of the molecule is CC1=C(c2ccccc2)C(=O)N(C(C)(C)c2cc(Cl)cc(Cl)c2)CO1.CCOCC. The van der Waals surface area contributed by atoms with Crippen LogP contribution in [0.1, 0.15) is 45.7 Å². The monoisotopic (exact) mass is 449 g/mol. The summed E-state index contributed by atoms with van der Waals surface area (Å²) in [5.74, 6) is 0.559. The Morgan fingerprint density at radius 2 is 1.60 bits per heavy atom. The lowest BCUT2D eigenvalue weighted by Gasteiger charge is -2.42. The van der Waals surface area contributed by atoms with Gasteiger partial charge in [-0.1, -0.05) is 53.5 Å². The third kappa shape index (κ3) is 5.78. The highest BCUT2D eigenvalue weighted by atomic mass is 35.5. The van der Waals surface area contributed by atoms with Crippen LogP contribution in [-0.2, 0) is 19.8 Å². The van der Waals surface area contributed by atoms with Crippen molar-refractivity contribution in [3.63, 3.8) is 0 Å². The summed E-state index contributed by atoms with van der Waals surface area (Å²) in [4.78, 5) is 14.9. The summed E-state index contributed by atoms with van der Waals surface area (Å²) in [6.45, 7) is 11.6. The molecule has 1 aliphatic rings. The molecule has 0 atom stereocenters. The normalized spacial score (nSPS) is 14.2. The molecule has 0 fully saturated rings. The molecule has 30 heavy (non-hydrogen) atoms. The van der Waals surface area contributed by atoms with Crippen molar-refractivity contribution in [2.24, 2.45) is 0 Å². The van der Waals surface area contributed by atoms with Gasteiger partial charge in [0.15, 0.2) is 6.73 Å². The van der Waals surface area contributed by atoms with Crippen LogP contribution in [0.25, 0.3) is 5.57 Å². The average molecular weight is 450 g/mol. The number of nitrogens with zero attached hydrogens (tertiary/aromatic N) is 1. The molecule has 3 rings (SSSR count). The van der Waals surface area contributed by atoms with Gasteiger partial charge < -0.3 is 9.47 Å². The van der Waals surface area contributed by atoms with Gasteiger partial charge in [-0.15, -0.1) is 0 Å². The van der Waals surface area contributed by atoms with E-state index in [0.717, 1.165) is 24.3 Å². The van der Waals surface area contributed by atoms with E-state index in [1.54, 1.807) is 11.0 Å². The Balaban J connectivity index is 0.000000575. The van der Waals surface area contributed by atoms with Crippen molar-refractivity contribution in [2.75, 3.05) is 19.9 Å². The number of amides is 1. The maximum Gasteiger partial charge on any atom is 0.261 e. The Kier molecular flexibility index (Phi) is 8.78. The van der Waals surface area contributed by atoms with Gasteiger partial charge in [-0.05, 0) is 63.9 Å². The highest BCUT2D eigenvalue weighted by Gasteiger charge is 2.38. The van der Waals surface area contributed by atoms with Gasteiger partial charge in [-0.3, -0.25) is 9.69 Å². The number of benzene rings is 2. The van der Waals surface area contributed by atoms with Crippen LogP contribution in [0.4, 0.5) is 0 Å². The molecule has 2 aromatic rings. The molecule has 0 saturated carbocycles. The minimum atomic E-state index is -0.633. The van der Waals surface area contributed by atoms with E-state index in [1.807, 2.05) is 77.1 Å². The van der Waals surface area contributed by atoms with Gasteiger partial charge >= 0.3 is 0 Å². The van der Waals surface area contributed by atoms with Crippen molar-refractivity contribution in [3.05, 3.63) is 75.5 Å². The minimum absolute atomic E-state index is 0.0731. The second-order valence-electron chi connectivity index (χ2n) is 7.30. The van der Waals surface area contributed by atoms with Crippen LogP contribution in [0.3, 0.4) is 0 Å². The lowest BCUT2D eigenvalue weighted by atomic mass is 9.90. The van der Waals surface area contributed by atoms with Crippen molar-refractivity contribution < 1.29 is 14.3 Å². The fourth-order valence-corrected chi connectivity index (χ4v) is 3.72. The first-order valence-electron chi connectivity index (χ1n) is 9.97. The molecule has 0 unspecified atom stereocenters. The molecule has 6 heteroatoms. The molecule has 162 valence electrons. The second kappa shape index (κ2) is 10.9. The van der Waals surface area contributed by atoms with Gasteiger partial charge in [-0.2, -0.15) is 0 Å². The predicted octanol–water partition coefficient (Wildman–Crippen LogP) is 6.52. The van der Waals surface area contributed by atoms with Crippen LogP contribution in [0.2, 0.25) is 10.0 Å². The van der Waals surface area contributed by atoms with Crippen molar-refractivity contribution in [2.45, 2.75) is 40.2 Å². The minimum Gasteiger partial charge on any atom is -0.477 e. The Labute approximate surface area is 189 Å². The summed E-state index contributed by atoms with van der Waals surface area (Å²) in [6, 6.07) is 14.9. The molecule has 0 radical (unpaired) electrons. The Hall–Kier alpha value is -2.01. The summed E-state index contributed by atoms with van der Waals surface area (Å²) in [7, 11) is 0. The summed E-state index contributed by atoms with van der Waals surface area (Å²) in [6.07, 6.45) is 0. The molecule has 0 aliphatic carbocycles. The molecule has 2 aromatic carbocycles. The molecule has 1 amide bonds. The van der Waals surface area contributed by atoms with Gasteiger partial charge in [0.1, 0.15) is 5.76 Å². The van der Waals surface area contributed by atoms with Crippen molar-refractivity contribution in [1.29, 1.82) is 0 Å². The predicted molar refractivity (Wildman–Crippen MR) is 123 cm³/mol. The van der Waals surface area contributed by atoms with Crippen LogP contribution in [-0.4, -0.2) is 30.8 Å². The molecular formula is C24H29Cl2NO3. The van der Waals surface area contributed by atoms with E-state index < -0.39 is 5.54 Å². The van der Waals surface area contributed by atoms with E-state index >= 15 is 0 Å². The lowest BCUT2D eigenvalue weighted by molar-refractivity contribution is -0.139. The van der Waals surface area contributed by atoms with Crippen LogP contribution in [0, 0.1) is 0 Å². The zero-order valence-electron chi connectivity index (χ0n) is 18.2. The van der Waals surface area contributed by atoms with Gasteiger partial charge in [0, 0.05) is 23.3 Å². The van der Waals surface area contributed by atoms with E-state index in [2.05, 4.69) is 0 Å². The number of hydrogen-bond acceptors (Lipinski definition) is 3. The zero-order valence-corrected chi connectivity index (χ0v) is 19.7. The van der Waals surface area contributed by atoms with E-state index in [9.17, 15) is 4.79 Å². The number of ether oxygens (including phenoxy) is 2. The quantitative estimate of drug-likeness (QED) is 0.521. The Morgan fingerprint density at radius 3 is 2.10 bits per heavy atom. The summed E-state index contributed by atoms with van der Waals surface area (Å²) >= 11 is 12.3. The van der Waals surface area contributed by atoms with Crippen molar-refractivity contribution >= 4 is 34.7 Å². The molecule has 0 bridgehead atoms. The largest absolute Gasteiger partial charge is 0.477 e. The third-order valence-corrected chi connectivity index (χ3v) is 5.37. The van der Waals surface area contributed by atoms with Crippen LogP contribution < -0.4 is 0 Å².